The van der Waals surface area contributed by atoms with E-state index in [1.807, 2.05) is 62.4 Å². The van der Waals surface area contributed by atoms with Crippen molar-refractivity contribution in [2.45, 2.75) is 46.5 Å². The summed E-state index contributed by atoms with van der Waals surface area (Å²) >= 11 is 5.30. The molecule has 1 aromatic heterocycles. The molecule has 0 saturated carbocycles. The smallest absolute Gasteiger partial charge is 0.257 e. The maximum Gasteiger partial charge on any atom is 0.257 e. The average molecular weight is 421 g/mol. The molecule has 0 atom stereocenters. The third-order valence-corrected chi connectivity index (χ3v) is 5.32. The highest BCUT2D eigenvalue weighted by molar-refractivity contribution is 7.80. The van der Waals surface area contributed by atoms with Gasteiger partial charge in [-0.2, -0.15) is 5.10 Å². The molecule has 156 valence electrons. The molecule has 3 rings (SSSR count). The predicted molar refractivity (Wildman–Crippen MR) is 126 cm³/mol. The number of thiocarbonyl (C=S) groups is 1. The summed E-state index contributed by atoms with van der Waals surface area (Å²) in [5.74, 6) is -0.226. The van der Waals surface area contributed by atoms with Gasteiger partial charge in [0.2, 0.25) is 0 Å². The predicted octanol–water partition coefficient (Wildman–Crippen LogP) is 5.04. The lowest BCUT2D eigenvalue weighted by atomic mass is 9.87. The molecule has 5 nitrogen and oxygen atoms in total. The molecule has 1 heterocycles. The molecule has 2 aromatic carbocycles. The van der Waals surface area contributed by atoms with Gasteiger partial charge in [0.25, 0.3) is 5.91 Å². The second kappa shape index (κ2) is 8.79. The van der Waals surface area contributed by atoms with Crippen molar-refractivity contribution >= 4 is 28.9 Å². The minimum absolute atomic E-state index is 0.0486. The molecule has 3 aromatic rings. The van der Waals surface area contributed by atoms with Gasteiger partial charge in [-0.1, -0.05) is 45.0 Å². The van der Waals surface area contributed by atoms with Crippen molar-refractivity contribution in [3.05, 3.63) is 82.2 Å². The molecule has 0 saturated heterocycles. The fourth-order valence-electron chi connectivity index (χ4n) is 3.20. The largest absolute Gasteiger partial charge is 0.332 e. The number of H-pyrrole nitrogens is 1. The molecule has 0 unspecified atom stereocenters. The number of hydrogen-bond acceptors (Lipinski definition) is 3. The van der Waals surface area contributed by atoms with Crippen molar-refractivity contribution < 1.29 is 4.79 Å². The van der Waals surface area contributed by atoms with Gasteiger partial charge in [0.15, 0.2) is 5.11 Å². The monoisotopic (exact) mass is 420 g/mol. The standard InChI is InChI=1S/C24H28N4OS/c1-15-21(16(2)28-27-15)14-17-6-12-20(13-7-17)25-23(30)26-22(29)18-8-10-19(11-9-18)24(3,4)5/h6-13H,14H2,1-5H3,(H,27,28)(H2,25,26,29,30). The quantitative estimate of drug-likeness (QED) is 0.517. The number of nitrogens with one attached hydrogen (secondary N) is 3. The van der Waals surface area contributed by atoms with Gasteiger partial charge in [-0.15, -0.1) is 0 Å². The van der Waals surface area contributed by atoms with E-state index in [1.165, 1.54) is 16.7 Å². The minimum atomic E-state index is -0.226. The van der Waals surface area contributed by atoms with Crippen LogP contribution in [0.5, 0.6) is 0 Å². The minimum Gasteiger partial charge on any atom is -0.332 e. The lowest BCUT2D eigenvalue weighted by Crippen LogP contribution is -2.34. The number of rotatable bonds is 4. The highest BCUT2D eigenvalue weighted by Crippen LogP contribution is 2.22. The molecule has 6 heteroatoms. The molecule has 0 aliphatic heterocycles. The van der Waals surface area contributed by atoms with Crippen molar-refractivity contribution in [2.24, 2.45) is 0 Å². The van der Waals surface area contributed by atoms with Gasteiger partial charge in [0, 0.05) is 28.9 Å². The van der Waals surface area contributed by atoms with Crippen molar-refractivity contribution in [3.8, 4) is 0 Å². The first-order valence-electron chi connectivity index (χ1n) is 9.96. The zero-order chi connectivity index (χ0) is 21.9. The lowest BCUT2D eigenvalue weighted by Gasteiger charge is -2.19. The van der Waals surface area contributed by atoms with E-state index >= 15 is 0 Å². The van der Waals surface area contributed by atoms with Crippen LogP contribution in [0.1, 0.15) is 59.2 Å². The summed E-state index contributed by atoms with van der Waals surface area (Å²) in [7, 11) is 0. The van der Waals surface area contributed by atoms with Gasteiger partial charge >= 0.3 is 0 Å². The first-order valence-corrected chi connectivity index (χ1v) is 10.4. The van der Waals surface area contributed by atoms with Gasteiger partial charge in [0.1, 0.15) is 0 Å². The molecule has 0 bridgehead atoms. The summed E-state index contributed by atoms with van der Waals surface area (Å²) in [5, 5.41) is 13.3. The second-order valence-corrected chi connectivity index (χ2v) is 8.93. The van der Waals surface area contributed by atoms with Crippen LogP contribution in [0.4, 0.5) is 5.69 Å². The van der Waals surface area contributed by atoms with Crippen LogP contribution in [0.2, 0.25) is 0 Å². The van der Waals surface area contributed by atoms with E-state index in [-0.39, 0.29) is 16.4 Å². The van der Waals surface area contributed by atoms with Crippen LogP contribution in [0.3, 0.4) is 0 Å². The molecule has 30 heavy (non-hydrogen) atoms. The fourth-order valence-corrected chi connectivity index (χ4v) is 3.41. The number of carbonyl (C=O) groups is 1. The Bertz CT molecular complexity index is 1020. The lowest BCUT2D eigenvalue weighted by molar-refractivity contribution is 0.0977. The average Bonchev–Trinajstić information content (AvgIpc) is 3.01. The highest BCUT2D eigenvalue weighted by atomic mass is 32.1. The Morgan fingerprint density at radius 1 is 1.03 bits per heavy atom. The van der Waals surface area contributed by atoms with E-state index < -0.39 is 0 Å². The SMILES string of the molecule is Cc1n[nH]c(C)c1Cc1ccc(NC(=S)NC(=O)c2ccc(C(C)(C)C)cc2)cc1. The Kier molecular flexibility index (Phi) is 6.37. The number of carbonyl (C=O) groups excluding carboxylic acids is 1. The van der Waals surface area contributed by atoms with E-state index in [9.17, 15) is 4.79 Å². The summed E-state index contributed by atoms with van der Waals surface area (Å²) in [6, 6.07) is 15.6. The normalized spacial score (nSPS) is 11.2. The summed E-state index contributed by atoms with van der Waals surface area (Å²) in [6.45, 7) is 10.5. The summed E-state index contributed by atoms with van der Waals surface area (Å²) in [6.07, 6.45) is 0.820. The summed E-state index contributed by atoms with van der Waals surface area (Å²) in [4.78, 5) is 12.5. The molecule has 0 aliphatic rings. The number of aryl methyl sites for hydroxylation is 2. The maximum atomic E-state index is 12.5. The first-order chi connectivity index (χ1) is 14.1. The van der Waals surface area contributed by atoms with Crippen LogP contribution < -0.4 is 10.6 Å². The van der Waals surface area contributed by atoms with E-state index in [4.69, 9.17) is 12.2 Å². The number of hydrogen-bond donors (Lipinski definition) is 3. The molecule has 1 amide bonds. The van der Waals surface area contributed by atoms with Crippen molar-refractivity contribution in [2.75, 3.05) is 5.32 Å². The molecule has 0 spiro atoms. The van der Waals surface area contributed by atoms with Crippen molar-refractivity contribution in [1.82, 2.24) is 15.5 Å². The van der Waals surface area contributed by atoms with Crippen LogP contribution in [0, 0.1) is 13.8 Å². The molecular formula is C24H28N4OS. The van der Waals surface area contributed by atoms with E-state index in [1.54, 1.807) is 0 Å². The molecular weight excluding hydrogens is 392 g/mol. The Labute approximate surface area is 183 Å². The molecule has 0 aliphatic carbocycles. The number of aromatic amines is 1. The molecule has 0 radical (unpaired) electrons. The number of benzene rings is 2. The van der Waals surface area contributed by atoms with Crippen LogP contribution in [0.15, 0.2) is 48.5 Å². The van der Waals surface area contributed by atoms with Gasteiger partial charge in [-0.3, -0.25) is 15.2 Å². The second-order valence-electron chi connectivity index (χ2n) is 8.52. The summed E-state index contributed by atoms with van der Waals surface area (Å²) in [5.41, 5.74) is 7.15. The zero-order valence-corrected chi connectivity index (χ0v) is 18.9. The number of anilines is 1. The van der Waals surface area contributed by atoms with Crippen LogP contribution in [0.25, 0.3) is 0 Å². The number of amides is 1. The third-order valence-electron chi connectivity index (χ3n) is 5.11. The maximum absolute atomic E-state index is 12.5. The number of nitrogens with zero attached hydrogens (tertiary/aromatic N) is 1. The Morgan fingerprint density at radius 2 is 1.67 bits per heavy atom. The topological polar surface area (TPSA) is 69.8 Å². The van der Waals surface area contributed by atoms with Crippen molar-refractivity contribution in [3.63, 3.8) is 0 Å². The third kappa shape index (κ3) is 5.33. The highest BCUT2D eigenvalue weighted by Gasteiger charge is 2.15. The van der Waals surface area contributed by atoms with Crippen LogP contribution >= 0.6 is 12.2 Å². The van der Waals surface area contributed by atoms with Gasteiger partial charge in [0.05, 0.1) is 5.69 Å². The van der Waals surface area contributed by atoms with Gasteiger partial charge < -0.3 is 5.32 Å². The van der Waals surface area contributed by atoms with E-state index in [0.29, 0.717) is 5.56 Å². The fraction of sp³-hybridized carbons (Fsp3) is 0.292. The first kappa shape index (κ1) is 21.7. The van der Waals surface area contributed by atoms with Crippen molar-refractivity contribution in [1.29, 1.82) is 0 Å². The van der Waals surface area contributed by atoms with Gasteiger partial charge in [-0.05, 0) is 66.9 Å². The summed E-state index contributed by atoms with van der Waals surface area (Å²) < 4.78 is 0. The van der Waals surface area contributed by atoms with Crippen LogP contribution in [-0.4, -0.2) is 21.2 Å². The Morgan fingerprint density at radius 3 is 2.20 bits per heavy atom. The number of aromatic nitrogens is 2. The zero-order valence-electron chi connectivity index (χ0n) is 18.1. The van der Waals surface area contributed by atoms with Crippen LogP contribution in [-0.2, 0) is 11.8 Å². The Hall–Kier alpha value is -2.99. The molecule has 3 N–H and O–H groups in total. The van der Waals surface area contributed by atoms with E-state index in [2.05, 4.69) is 41.6 Å². The molecule has 0 fully saturated rings. The Balaban J connectivity index is 1.57. The van der Waals surface area contributed by atoms with Gasteiger partial charge in [-0.25, -0.2) is 0 Å². The van der Waals surface area contributed by atoms with E-state index in [0.717, 1.165) is 23.5 Å².